The zero-order valence-electron chi connectivity index (χ0n) is 19.8. The minimum atomic E-state index is -1.15. The Morgan fingerprint density at radius 1 is 0.970 bits per heavy atom. The first-order valence-electron chi connectivity index (χ1n) is 11.3. The molecule has 7 heteroatoms. The van der Waals surface area contributed by atoms with Crippen molar-refractivity contribution in [1.82, 2.24) is 10.6 Å². The number of rotatable bonds is 12. The van der Waals surface area contributed by atoms with Crippen LogP contribution in [0.4, 0.5) is 0 Å². The van der Waals surface area contributed by atoms with Crippen LogP contribution in [0.15, 0.2) is 54.6 Å². The molecule has 0 bridgehead atoms. The first-order valence-corrected chi connectivity index (χ1v) is 12.7. The molecule has 0 aromatic heterocycles. The summed E-state index contributed by atoms with van der Waals surface area (Å²) in [6, 6.07) is 16.5. The van der Waals surface area contributed by atoms with E-state index in [1.807, 2.05) is 74.7 Å². The van der Waals surface area contributed by atoms with Gasteiger partial charge in [-0.05, 0) is 41.7 Å². The number of hydrogen-bond acceptors (Lipinski definition) is 5. The molecule has 4 N–H and O–H groups in total. The van der Waals surface area contributed by atoms with Crippen molar-refractivity contribution in [2.75, 3.05) is 12.0 Å². The number of aliphatic hydroxyl groups excluding tert-OH is 2. The van der Waals surface area contributed by atoms with Crippen LogP contribution in [0.5, 0.6) is 0 Å². The molecular formula is C26H36N2O4S. The molecular weight excluding hydrogens is 436 g/mol. The average molecular weight is 473 g/mol. The Labute approximate surface area is 201 Å². The fourth-order valence-corrected chi connectivity index (χ4v) is 4.36. The first-order chi connectivity index (χ1) is 15.7. The fourth-order valence-electron chi connectivity index (χ4n) is 3.79. The van der Waals surface area contributed by atoms with Gasteiger partial charge < -0.3 is 20.8 Å². The molecule has 2 aromatic rings. The van der Waals surface area contributed by atoms with E-state index >= 15 is 0 Å². The first kappa shape index (κ1) is 26.9. The molecule has 2 rings (SSSR count). The molecule has 180 valence electrons. The van der Waals surface area contributed by atoms with Gasteiger partial charge in [-0.1, -0.05) is 68.4 Å². The van der Waals surface area contributed by atoms with Gasteiger partial charge in [-0.15, -0.1) is 0 Å². The summed E-state index contributed by atoms with van der Waals surface area (Å²) in [5, 5.41) is 27.1. The second-order valence-corrected chi connectivity index (χ2v) is 9.69. The highest BCUT2D eigenvalue weighted by atomic mass is 32.2. The molecule has 0 aliphatic heterocycles. The van der Waals surface area contributed by atoms with Gasteiger partial charge in [0.25, 0.3) is 0 Å². The topological polar surface area (TPSA) is 98.7 Å². The number of amides is 2. The fraction of sp³-hybridized carbons (Fsp3) is 0.462. The smallest absolute Gasteiger partial charge is 0.243 e. The second-order valence-electron chi connectivity index (χ2n) is 8.78. The maximum Gasteiger partial charge on any atom is 0.243 e. The molecule has 0 fully saturated rings. The molecule has 4 atom stereocenters. The standard InChI is InChI=1S/C26H36N2O4S/c1-17(2)13-24(30)25(31)22(28-26(32)23(16-33-4)27-18(3)29)15-19-9-8-12-21(14-19)20-10-6-5-7-11-20/h5-12,14,17,22-25,30-31H,13,15-16H2,1-4H3,(H,27,29)(H,28,32)/t22-,23-,24-,25+/m0/s1. The van der Waals surface area contributed by atoms with Crippen LogP contribution in [-0.4, -0.2) is 58.3 Å². The number of aliphatic hydroxyl groups is 2. The van der Waals surface area contributed by atoms with Crippen LogP contribution >= 0.6 is 11.8 Å². The number of thioether (sulfide) groups is 1. The number of benzene rings is 2. The van der Waals surface area contributed by atoms with E-state index < -0.39 is 24.3 Å². The Morgan fingerprint density at radius 2 is 1.64 bits per heavy atom. The van der Waals surface area contributed by atoms with Crippen molar-refractivity contribution in [3.05, 3.63) is 60.2 Å². The number of carbonyl (C=O) groups excluding carboxylic acids is 2. The van der Waals surface area contributed by atoms with E-state index in [1.54, 1.807) is 0 Å². The molecule has 0 spiro atoms. The normalized spacial score (nSPS) is 14.9. The molecule has 0 heterocycles. The summed E-state index contributed by atoms with van der Waals surface area (Å²) in [7, 11) is 0. The van der Waals surface area contributed by atoms with Crippen LogP contribution in [0.1, 0.15) is 32.8 Å². The minimum Gasteiger partial charge on any atom is -0.390 e. The summed E-state index contributed by atoms with van der Waals surface area (Å²) in [6.07, 6.45) is 0.485. The van der Waals surface area contributed by atoms with Crippen LogP contribution in [-0.2, 0) is 16.0 Å². The van der Waals surface area contributed by atoms with Gasteiger partial charge in [0, 0.05) is 12.7 Å². The van der Waals surface area contributed by atoms with Crippen LogP contribution in [0.3, 0.4) is 0 Å². The van der Waals surface area contributed by atoms with Gasteiger partial charge in [-0.3, -0.25) is 9.59 Å². The van der Waals surface area contributed by atoms with Gasteiger partial charge >= 0.3 is 0 Å². The van der Waals surface area contributed by atoms with Crippen molar-refractivity contribution in [3.8, 4) is 11.1 Å². The predicted molar refractivity (Wildman–Crippen MR) is 135 cm³/mol. The lowest BCUT2D eigenvalue weighted by Crippen LogP contribution is -2.56. The maximum atomic E-state index is 13.0. The summed E-state index contributed by atoms with van der Waals surface area (Å²) >= 11 is 1.45. The SMILES string of the molecule is CSC[C@H](NC(C)=O)C(=O)N[C@@H](Cc1cccc(-c2ccccc2)c1)[C@@H](O)[C@@H](O)CC(C)C. The third-order valence-electron chi connectivity index (χ3n) is 5.36. The Kier molecular flexibility index (Phi) is 10.9. The van der Waals surface area contributed by atoms with Crippen molar-refractivity contribution in [2.45, 2.75) is 57.9 Å². The van der Waals surface area contributed by atoms with E-state index in [2.05, 4.69) is 10.6 Å². The minimum absolute atomic E-state index is 0.191. The highest BCUT2D eigenvalue weighted by Gasteiger charge is 2.31. The van der Waals surface area contributed by atoms with E-state index in [1.165, 1.54) is 18.7 Å². The van der Waals surface area contributed by atoms with Crippen molar-refractivity contribution < 1.29 is 19.8 Å². The Morgan fingerprint density at radius 3 is 2.24 bits per heavy atom. The van der Waals surface area contributed by atoms with E-state index in [9.17, 15) is 19.8 Å². The van der Waals surface area contributed by atoms with Crippen LogP contribution < -0.4 is 10.6 Å². The monoisotopic (exact) mass is 472 g/mol. The van der Waals surface area contributed by atoms with Gasteiger partial charge in [0.15, 0.2) is 0 Å². The molecule has 6 nitrogen and oxygen atoms in total. The van der Waals surface area contributed by atoms with Gasteiger partial charge in [0.05, 0.1) is 12.1 Å². The summed E-state index contributed by atoms with van der Waals surface area (Å²) < 4.78 is 0. The van der Waals surface area contributed by atoms with Gasteiger partial charge in [0.1, 0.15) is 12.1 Å². The van der Waals surface area contributed by atoms with Gasteiger partial charge in [-0.2, -0.15) is 11.8 Å². The number of carbonyl (C=O) groups is 2. The lowest BCUT2D eigenvalue weighted by molar-refractivity contribution is -0.129. The molecule has 0 aliphatic carbocycles. The Balaban J connectivity index is 2.27. The van der Waals surface area contributed by atoms with Crippen LogP contribution in [0, 0.1) is 5.92 Å². The summed E-state index contributed by atoms with van der Waals surface area (Å²) in [4.78, 5) is 24.5. The van der Waals surface area contributed by atoms with E-state index in [-0.39, 0.29) is 17.7 Å². The summed E-state index contributed by atoms with van der Waals surface area (Å²) in [5.74, 6) is -0.0704. The zero-order valence-corrected chi connectivity index (χ0v) is 20.6. The summed E-state index contributed by atoms with van der Waals surface area (Å²) in [6.45, 7) is 5.31. The lowest BCUT2D eigenvalue weighted by atomic mass is 9.92. The molecule has 33 heavy (non-hydrogen) atoms. The van der Waals surface area contributed by atoms with Crippen LogP contribution in [0.25, 0.3) is 11.1 Å². The molecule has 2 aromatic carbocycles. The molecule has 0 unspecified atom stereocenters. The number of nitrogens with one attached hydrogen (secondary N) is 2. The lowest BCUT2D eigenvalue weighted by Gasteiger charge is -2.30. The molecule has 0 saturated heterocycles. The summed E-state index contributed by atoms with van der Waals surface area (Å²) in [5.41, 5.74) is 3.04. The van der Waals surface area contributed by atoms with E-state index in [4.69, 9.17) is 0 Å². The van der Waals surface area contributed by atoms with E-state index in [0.717, 1.165) is 16.7 Å². The van der Waals surface area contributed by atoms with Gasteiger partial charge in [-0.25, -0.2) is 0 Å². The molecule has 0 radical (unpaired) electrons. The van der Waals surface area contributed by atoms with Crippen molar-refractivity contribution in [2.24, 2.45) is 5.92 Å². The van der Waals surface area contributed by atoms with Crippen molar-refractivity contribution in [3.63, 3.8) is 0 Å². The average Bonchev–Trinajstić information content (AvgIpc) is 2.78. The maximum absolute atomic E-state index is 13.0. The zero-order chi connectivity index (χ0) is 24.4. The largest absolute Gasteiger partial charge is 0.390 e. The predicted octanol–water partition coefficient (Wildman–Crippen LogP) is 3.02. The quantitative estimate of drug-likeness (QED) is 0.381. The second kappa shape index (κ2) is 13.4. The Hall–Kier alpha value is -2.35. The van der Waals surface area contributed by atoms with Crippen molar-refractivity contribution >= 4 is 23.6 Å². The molecule has 0 saturated carbocycles. The Bertz CT molecular complexity index is 891. The molecule has 2 amide bonds. The van der Waals surface area contributed by atoms with Crippen LogP contribution in [0.2, 0.25) is 0 Å². The molecule has 0 aliphatic rings. The van der Waals surface area contributed by atoms with Gasteiger partial charge in [0.2, 0.25) is 11.8 Å². The number of hydrogen-bond donors (Lipinski definition) is 4. The highest BCUT2D eigenvalue weighted by molar-refractivity contribution is 7.98. The highest BCUT2D eigenvalue weighted by Crippen LogP contribution is 2.22. The third-order valence-corrected chi connectivity index (χ3v) is 6.03. The van der Waals surface area contributed by atoms with Crippen molar-refractivity contribution in [1.29, 1.82) is 0 Å². The third kappa shape index (κ3) is 8.84. The van der Waals surface area contributed by atoms with E-state index in [0.29, 0.717) is 18.6 Å².